The van der Waals surface area contributed by atoms with Gasteiger partial charge in [-0.15, -0.1) is 0 Å². The Morgan fingerprint density at radius 1 is 1.50 bits per heavy atom. The fourth-order valence-corrected chi connectivity index (χ4v) is 2.05. The highest BCUT2D eigenvalue weighted by molar-refractivity contribution is 7.99. The average molecular weight is 240 g/mol. The van der Waals surface area contributed by atoms with E-state index in [1.165, 1.54) is 17.9 Å². The molecule has 0 aromatic carbocycles. The maximum atomic E-state index is 5.19. The van der Waals surface area contributed by atoms with Gasteiger partial charge in [-0.2, -0.15) is 11.8 Å². The summed E-state index contributed by atoms with van der Waals surface area (Å²) < 4.78 is 5.19. The van der Waals surface area contributed by atoms with Crippen LogP contribution in [-0.2, 0) is 6.54 Å². The number of hydrogen-bond donors (Lipinski definition) is 1. The normalized spacial score (nSPS) is 10.4. The monoisotopic (exact) mass is 240 g/mol. The molecule has 3 nitrogen and oxygen atoms in total. The van der Waals surface area contributed by atoms with Gasteiger partial charge in [0.25, 0.3) is 0 Å². The molecule has 0 fully saturated rings. The number of pyridine rings is 1. The number of ether oxygens (including phenoxy) is 1. The van der Waals surface area contributed by atoms with E-state index in [2.05, 4.69) is 17.2 Å². The van der Waals surface area contributed by atoms with Crippen LogP contribution in [0.2, 0.25) is 0 Å². The molecule has 4 heteroatoms. The first kappa shape index (κ1) is 13.3. The molecule has 0 saturated heterocycles. The first-order valence-electron chi connectivity index (χ1n) is 5.64. The van der Waals surface area contributed by atoms with E-state index in [0.717, 1.165) is 24.5 Å². The fourth-order valence-electron chi connectivity index (χ4n) is 1.41. The van der Waals surface area contributed by atoms with Crippen LogP contribution in [0.1, 0.15) is 18.9 Å². The first-order valence-corrected chi connectivity index (χ1v) is 6.80. The van der Waals surface area contributed by atoms with Crippen molar-refractivity contribution in [2.75, 3.05) is 25.2 Å². The van der Waals surface area contributed by atoms with Gasteiger partial charge in [-0.1, -0.05) is 13.0 Å². The summed E-state index contributed by atoms with van der Waals surface area (Å²) >= 11 is 1.98. The molecule has 0 spiro atoms. The highest BCUT2D eigenvalue weighted by atomic mass is 32.2. The summed E-state index contributed by atoms with van der Waals surface area (Å²) in [6, 6.07) is 3.98. The van der Waals surface area contributed by atoms with Crippen molar-refractivity contribution in [1.29, 1.82) is 0 Å². The predicted molar refractivity (Wildman–Crippen MR) is 70.1 cm³/mol. The maximum absolute atomic E-state index is 5.19. The second-order valence-electron chi connectivity index (χ2n) is 3.40. The van der Waals surface area contributed by atoms with E-state index in [1.54, 1.807) is 13.3 Å². The minimum atomic E-state index is 0.720. The van der Waals surface area contributed by atoms with Gasteiger partial charge >= 0.3 is 0 Å². The smallest absolute Gasteiger partial charge is 0.217 e. The van der Waals surface area contributed by atoms with Gasteiger partial charge in [-0.05, 0) is 30.5 Å². The molecule has 90 valence electrons. The Balaban J connectivity index is 2.21. The zero-order valence-electron chi connectivity index (χ0n) is 10.0. The SMILES string of the molecule is CCSCCCNCc1cccnc1OC. The van der Waals surface area contributed by atoms with Crippen molar-refractivity contribution in [3.63, 3.8) is 0 Å². The summed E-state index contributed by atoms with van der Waals surface area (Å²) in [5.41, 5.74) is 1.12. The Kier molecular flexibility index (Phi) is 7.01. The lowest BCUT2D eigenvalue weighted by molar-refractivity contribution is 0.390. The van der Waals surface area contributed by atoms with Crippen molar-refractivity contribution in [3.05, 3.63) is 23.9 Å². The molecular weight excluding hydrogens is 220 g/mol. The molecule has 0 aliphatic heterocycles. The summed E-state index contributed by atoms with van der Waals surface area (Å²) in [7, 11) is 1.66. The van der Waals surface area contributed by atoms with Gasteiger partial charge in [-0.3, -0.25) is 0 Å². The third kappa shape index (κ3) is 4.86. The minimum absolute atomic E-state index is 0.720. The lowest BCUT2D eigenvalue weighted by Gasteiger charge is -2.07. The number of hydrogen-bond acceptors (Lipinski definition) is 4. The lowest BCUT2D eigenvalue weighted by Crippen LogP contribution is -2.16. The van der Waals surface area contributed by atoms with E-state index in [0.29, 0.717) is 0 Å². The molecule has 0 aliphatic carbocycles. The van der Waals surface area contributed by atoms with Crippen LogP contribution in [0, 0.1) is 0 Å². The molecule has 0 aliphatic rings. The van der Waals surface area contributed by atoms with Crippen LogP contribution in [0.15, 0.2) is 18.3 Å². The number of methoxy groups -OCH3 is 1. The molecule has 0 bridgehead atoms. The Bertz CT molecular complexity index is 294. The van der Waals surface area contributed by atoms with Crippen LogP contribution < -0.4 is 10.1 Å². The molecule has 1 N–H and O–H groups in total. The number of rotatable bonds is 8. The molecule has 16 heavy (non-hydrogen) atoms. The number of aromatic nitrogens is 1. The van der Waals surface area contributed by atoms with Crippen molar-refractivity contribution in [2.24, 2.45) is 0 Å². The van der Waals surface area contributed by atoms with Crippen LogP contribution in [0.4, 0.5) is 0 Å². The molecule has 1 heterocycles. The molecule has 0 amide bonds. The second kappa shape index (κ2) is 8.42. The molecule has 0 atom stereocenters. The number of nitrogens with zero attached hydrogens (tertiary/aromatic N) is 1. The maximum Gasteiger partial charge on any atom is 0.217 e. The predicted octanol–water partition coefficient (Wildman–Crippen LogP) is 2.32. The highest BCUT2D eigenvalue weighted by Crippen LogP contribution is 2.12. The van der Waals surface area contributed by atoms with Gasteiger partial charge in [-0.25, -0.2) is 4.98 Å². The third-order valence-electron chi connectivity index (χ3n) is 2.21. The van der Waals surface area contributed by atoms with Gasteiger partial charge in [0.15, 0.2) is 0 Å². The van der Waals surface area contributed by atoms with Crippen molar-refractivity contribution in [2.45, 2.75) is 19.9 Å². The van der Waals surface area contributed by atoms with Crippen LogP contribution in [-0.4, -0.2) is 30.1 Å². The summed E-state index contributed by atoms with van der Waals surface area (Å²) in [5, 5.41) is 3.40. The highest BCUT2D eigenvalue weighted by Gasteiger charge is 2.01. The quantitative estimate of drug-likeness (QED) is 0.707. The summed E-state index contributed by atoms with van der Waals surface area (Å²) in [4.78, 5) is 4.16. The Morgan fingerprint density at radius 2 is 2.38 bits per heavy atom. The molecule has 1 rings (SSSR count). The van der Waals surface area contributed by atoms with Crippen molar-refractivity contribution >= 4 is 11.8 Å². The second-order valence-corrected chi connectivity index (χ2v) is 4.79. The minimum Gasteiger partial charge on any atom is -0.481 e. The average Bonchev–Trinajstić information content (AvgIpc) is 2.34. The topological polar surface area (TPSA) is 34.2 Å². The van der Waals surface area contributed by atoms with Crippen molar-refractivity contribution in [3.8, 4) is 5.88 Å². The van der Waals surface area contributed by atoms with E-state index in [-0.39, 0.29) is 0 Å². The van der Waals surface area contributed by atoms with E-state index in [1.807, 2.05) is 23.9 Å². The third-order valence-corrected chi connectivity index (χ3v) is 3.19. The first-order chi connectivity index (χ1) is 7.88. The van der Waals surface area contributed by atoms with Crippen molar-refractivity contribution < 1.29 is 4.74 Å². The van der Waals surface area contributed by atoms with Crippen LogP contribution in [0.3, 0.4) is 0 Å². The van der Waals surface area contributed by atoms with Gasteiger partial charge < -0.3 is 10.1 Å². The molecule has 0 unspecified atom stereocenters. The van der Waals surface area contributed by atoms with Crippen LogP contribution in [0.25, 0.3) is 0 Å². The van der Waals surface area contributed by atoms with Crippen LogP contribution >= 0.6 is 11.8 Å². The van der Waals surface area contributed by atoms with E-state index in [4.69, 9.17) is 4.74 Å². The summed E-state index contributed by atoms with van der Waals surface area (Å²) in [5.74, 6) is 3.15. The largest absolute Gasteiger partial charge is 0.481 e. The Morgan fingerprint density at radius 3 is 3.12 bits per heavy atom. The Hall–Kier alpha value is -0.740. The molecule has 1 aromatic heterocycles. The molecule has 1 aromatic rings. The zero-order valence-corrected chi connectivity index (χ0v) is 10.8. The molecule has 0 radical (unpaired) electrons. The van der Waals surface area contributed by atoms with Gasteiger partial charge in [0.1, 0.15) is 0 Å². The lowest BCUT2D eigenvalue weighted by atomic mass is 10.2. The van der Waals surface area contributed by atoms with Gasteiger partial charge in [0.05, 0.1) is 7.11 Å². The van der Waals surface area contributed by atoms with E-state index >= 15 is 0 Å². The molecule has 0 saturated carbocycles. The van der Waals surface area contributed by atoms with Crippen LogP contribution in [0.5, 0.6) is 5.88 Å². The van der Waals surface area contributed by atoms with E-state index in [9.17, 15) is 0 Å². The summed E-state index contributed by atoms with van der Waals surface area (Å²) in [6.45, 7) is 4.07. The van der Waals surface area contributed by atoms with Crippen molar-refractivity contribution in [1.82, 2.24) is 10.3 Å². The zero-order chi connectivity index (χ0) is 11.6. The standard InChI is InChI=1S/C12H20N2OS/c1-3-16-9-5-7-13-10-11-6-4-8-14-12(11)15-2/h4,6,8,13H,3,5,7,9-10H2,1-2H3. The Labute approximate surface area is 102 Å². The van der Waals surface area contributed by atoms with Gasteiger partial charge in [0, 0.05) is 18.3 Å². The van der Waals surface area contributed by atoms with Gasteiger partial charge in [0.2, 0.25) is 5.88 Å². The fraction of sp³-hybridized carbons (Fsp3) is 0.583. The van der Waals surface area contributed by atoms with E-state index < -0.39 is 0 Å². The number of nitrogens with one attached hydrogen (secondary N) is 1. The molecular formula is C12H20N2OS. The summed E-state index contributed by atoms with van der Waals surface area (Å²) in [6.07, 6.45) is 2.96. The number of thioether (sulfide) groups is 1.